The Hall–Kier alpha value is -0.900. The Labute approximate surface area is 109 Å². The van der Waals surface area contributed by atoms with E-state index in [0.29, 0.717) is 25.5 Å². The number of carbonyl (C=O) groups is 1. The molecule has 1 saturated heterocycles. The van der Waals surface area contributed by atoms with Crippen LogP contribution in [-0.2, 0) is 9.53 Å². The molecular formula is C14H24FNO2. The SMILES string of the molecule is CCCCCCC=C(F)C(=O)NCC1CCOC1. The second-order valence-corrected chi connectivity index (χ2v) is 4.84. The maximum Gasteiger partial charge on any atom is 0.279 e. The van der Waals surface area contributed by atoms with Gasteiger partial charge in [0.15, 0.2) is 5.83 Å². The summed E-state index contributed by atoms with van der Waals surface area (Å²) in [6, 6.07) is 0. The number of ether oxygens (including phenoxy) is 1. The highest BCUT2D eigenvalue weighted by Gasteiger charge is 2.17. The van der Waals surface area contributed by atoms with Crippen molar-refractivity contribution < 1.29 is 13.9 Å². The van der Waals surface area contributed by atoms with Crippen molar-refractivity contribution in [3.63, 3.8) is 0 Å². The summed E-state index contributed by atoms with van der Waals surface area (Å²) in [7, 11) is 0. The molecule has 4 heteroatoms. The van der Waals surface area contributed by atoms with Crippen LogP contribution >= 0.6 is 0 Å². The van der Waals surface area contributed by atoms with E-state index in [4.69, 9.17) is 4.74 Å². The molecule has 1 N–H and O–H groups in total. The lowest BCUT2D eigenvalue weighted by atomic mass is 10.1. The van der Waals surface area contributed by atoms with Crippen LogP contribution in [0.2, 0.25) is 0 Å². The summed E-state index contributed by atoms with van der Waals surface area (Å²) in [5, 5.41) is 2.61. The van der Waals surface area contributed by atoms with Crippen LogP contribution in [0.25, 0.3) is 0 Å². The van der Waals surface area contributed by atoms with Crippen molar-refractivity contribution in [3.05, 3.63) is 11.9 Å². The fourth-order valence-electron chi connectivity index (χ4n) is 1.96. The Bertz CT molecular complexity index is 273. The van der Waals surface area contributed by atoms with Crippen LogP contribution in [0, 0.1) is 5.92 Å². The van der Waals surface area contributed by atoms with Crippen LogP contribution in [0.15, 0.2) is 11.9 Å². The van der Waals surface area contributed by atoms with E-state index in [1.165, 1.54) is 12.5 Å². The van der Waals surface area contributed by atoms with Crippen molar-refractivity contribution in [1.82, 2.24) is 5.32 Å². The lowest BCUT2D eigenvalue weighted by Gasteiger charge is -2.08. The maximum absolute atomic E-state index is 13.4. The van der Waals surface area contributed by atoms with Gasteiger partial charge in [0.25, 0.3) is 5.91 Å². The predicted molar refractivity (Wildman–Crippen MR) is 69.9 cm³/mol. The predicted octanol–water partition coefficient (Wildman–Crippen LogP) is 2.96. The number of amides is 1. The molecule has 1 aliphatic heterocycles. The first-order valence-corrected chi connectivity index (χ1v) is 6.95. The molecule has 1 amide bonds. The minimum atomic E-state index is -0.648. The van der Waals surface area contributed by atoms with Gasteiger partial charge in [0.2, 0.25) is 0 Å². The number of halogens is 1. The topological polar surface area (TPSA) is 38.3 Å². The zero-order valence-corrected chi connectivity index (χ0v) is 11.2. The number of unbranched alkanes of at least 4 members (excludes halogenated alkanes) is 4. The van der Waals surface area contributed by atoms with E-state index in [0.717, 1.165) is 32.3 Å². The lowest BCUT2D eigenvalue weighted by Crippen LogP contribution is -2.29. The molecule has 1 rings (SSSR count). The van der Waals surface area contributed by atoms with Gasteiger partial charge in [0, 0.05) is 19.1 Å². The number of allylic oxidation sites excluding steroid dienone is 1. The highest BCUT2D eigenvalue weighted by atomic mass is 19.1. The Kier molecular flexibility index (Phi) is 7.65. The fourth-order valence-corrected chi connectivity index (χ4v) is 1.96. The molecule has 1 fully saturated rings. The number of nitrogens with one attached hydrogen (secondary N) is 1. The summed E-state index contributed by atoms with van der Waals surface area (Å²) in [6.07, 6.45) is 7.37. The van der Waals surface area contributed by atoms with Gasteiger partial charge in [-0.1, -0.05) is 26.2 Å². The molecule has 1 unspecified atom stereocenters. The molecule has 18 heavy (non-hydrogen) atoms. The van der Waals surface area contributed by atoms with Crippen molar-refractivity contribution in [2.24, 2.45) is 5.92 Å². The minimum absolute atomic E-state index is 0.339. The van der Waals surface area contributed by atoms with Gasteiger partial charge < -0.3 is 10.1 Å². The Morgan fingerprint density at radius 2 is 2.28 bits per heavy atom. The van der Waals surface area contributed by atoms with Gasteiger partial charge in [0.05, 0.1) is 6.61 Å². The molecule has 0 saturated carbocycles. The van der Waals surface area contributed by atoms with Crippen molar-refractivity contribution in [2.45, 2.75) is 45.4 Å². The van der Waals surface area contributed by atoms with E-state index < -0.39 is 11.7 Å². The molecule has 104 valence electrons. The van der Waals surface area contributed by atoms with Gasteiger partial charge in [-0.25, -0.2) is 4.39 Å². The first-order chi connectivity index (χ1) is 8.74. The standard InChI is InChI=1S/C14H24FNO2/c1-2-3-4-5-6-7-13(15)14(17)16-10-12-8-9-18-11-12/h7,12H,2-6,8-11H2,1H3,(H,16,17). The van der Waals surface area contributed by atoms with Crippen molar-refractivity contribution >= 4 is 5.91 Å². The normalized spacial score (nSPS) is 20.1. The van der Waals surface area contributed by atoms with Crippen molar-refractivity contribution in [2.75, 3.05) is 19.8 Å². The zero-order valence-electron chi connectivity index (χ0n) is 11.2. The minimum Gasteiger partial charge on any atom is -0.381 e. The number of rotatable bonds is 8. The highest BCUT2D eigenvalue weighted by molar-refractivity contribution is 5.91. The Morgan fingerprint density at radius 3 is 2.94 bits per heavy atom. The summed E-state index contributed by atoms with van der Waals surface area (Å²) in [4.78, 5) is 11.4. The smallest absolute Gasteiger partial charge is 0.279 e. The van der Waals surface area contributed by atoms with Gasteiger partial charge in [0.1, 0.15) is 0 Å². The summed E-state index contributed by atoms with van der Waals surface area (Å²) in [5.74, 6) is -0.894. The molecule has 0 aromatic carbocycles. The van der Waals surface area contributed by atoms with E-state index >= 15 is 0 Å². The third kappa shape index (κ3) is 6.15. The van der Waals surface area contributed by atoms with Gasteiger partial charge in [-0.05, 0) is 25.3 Å². The van der Waals surface area contributed by atoms with E-state index in [9.17, 15) is 9.18 Å². The first-order valence-electron chi connectivity index (χ1n) is 6.95. The third-order valence-electron chi connectivity index (χ3n) is 3.17. The van der Waals surface area contributed by atoms with Crippen LogP contribution in [0.5, 0.6) is 0 Å². The monoisotopic (exact) mass is 257 g/mol. The number of hydrogen-bond donors (Lipinski definition) is 1. The molecule has 1 aliphatic rings. The van der Waals surface area contributed by atoms with Crippen LogP contribution in [0.4, 0.5) is 4.39 Å². The summed E-state index contributed by atoms with van der Waals surface area (Å²) in [5.41, 5.74) is 0. The molecule has 0 radical (unpaired) electrons. The number of carbonyl (C=O) groups excluding carboxylic acids is 1. The molecule has 1 heterocycles. The van der Waals surface area contributed by atoms with E-state index in [1.807, 2.05) is 0 Å². The molecule has 3 nitrogen and oxygen atoms in total. The summed E-state index contributed by atoms with van der Waals surface area (Å²) in [6.45, 7) is 4.06. The quantitative estimate of drug-likeness (QED) is 0.536. The molecule has 0 aromatic heterocycles. The highest BCUT2D eigenvalue weighted by Crippen LogP contribution is 2.11. The van der Waals surface area contributed by atoms with Gasteiger partial charge in [-0.3, -0.25) is 4.79 Å². The largest absolute Gasteiger partial charge is 0.381 e. The van der Waals surface area contributed by atoms with Crippen molar-refractivity contribution in [3.8, 4) is 0 Å². The molecule has 1 atom stereocenters. The van der Waals surface area contributed by atoms with Gasteiger partial charge in [-0.15, -0.1) is 0 Å². The van der Waals surface area contributed by atoms with Gasteiger partial charge >= 0.3 is 0 Å². The van der Waals surface area contributed by atoms with Crippen molar-refractivity contribution in [1.29, 1.82) is 0 Å². The molecule has 0 bridgehead atoms. The van der Waals surface area contributed by atoms with E-state index in [-0.39, 0.29) is 0 Å². The Morgan fingerprint density at radius 1 is 1.44 bits per heavy atom. The van der Waals surface area contributed by atoms with Crippen LogP contribution in [-0.4, -0.2) is 25.7 Å². The Balaban J connectivity index is 2.12. The number of hydrogen-bond acceptors (Lipinski definition) is 2. The van der Waals surface area contributed by atoms with E-state index in [1.54, 1.807) is 0 Å². The lowest BCUT2D eigenvalue weighted by molar-refractivity contribution is -0.119. The second-order valence-electron chi connectivity index (χ2n) is 4.84. The van der Waals surface area contributed by atoms with Crippen LogP contribution in [0.1, 0.15) is 45.4 Å². The summed E-state index contributed by atoms with van der Waals surface area (Å²) < 4.78 is 18.6. The fraction of sp³-hybridized carbons (Fsp3) is 0.786. The first kappa shape index (κ1) is 15.2. The van der Waals surface area contributed by atoms with Crippen LogP contribution in [0.3, 0.4) is 0 Å². The molecule has 0 aliphatic carbocycles. The third-order valence-corrected chi connectivity index (χ3v) is 3.17. The molecule has 0 aromatic rings. The average molecular weight is 257 g/mol. The van der Waals surface area contributed by atoms with E-state index in [2.05, 4.69) is 12.2 Å². The zero-order chi connectivity index (χ0) is 13.2. The summed E-state index contributed by atoms with van der Waals surface area (Å²) >= 11 is 0. The molecule has 0 spiro atoms. The van der Waals surface area contributed by atoms with Crippen LogP contribution < -0.4 is 5.32 Å². The second kappa shape index (κ2) is 9.09. The van der Waals surface area contributed by atoms with Gasteiger partial charge in [-0.2, -0.15) is 0 Å². The molecular weight excluding hydrogens is 233 g/mol. The average Bonchev–Trinajstić information content (AvgIpc) is 2.88. The maximum atomic E-state index is 13.4.